The first kappa shape index (κ1) is 16.3. The van der Waals surface area contributed by atoms with E-state index in [1.165, 1.54) is 11.3 Å². The number of rotatable bonds is 6. The second-order valence-corrected chi connectivity index (χ2v) is 6.33. The van der Waals surface area contributed by atoms with Crippen molar-refractivity contribution >= 4 is 33.1 Å². The fourth-order valence-corrected chi connectivity index (χ4v) is 2.88. The summed E-state index contributed by atoms with van der Waals surface area (Å²) in [4.78, 5) is 1.06. The van der Waals surface area contributed by atoms with Gasteiger partial charge in [-0.3, -0.25) is 0 Å². The number of nitrogens with one attached hydrogen (secondary N) is 1. The van der Waals surface area contributed by atoms with Crippen molar-refractivity contribution < 1.29 is 18.4 Å². The maximum absolute atomic E-state index is 12.6. The Labute approximate surface area is 120 Å². The van der Waals surface area contributed by atoms with E-state index in [2.05, 4.69) is 26.4 Å². The van der Waals surface area contributed by atoms with Gasteiger partial charge in [0.15, 0.2) is 5.84 Å². The van der Waals surface area contributed by atoms with Gasteiger partial charge in [0.25, 0.3) is 0 Å². The van der Waals surface area contributed by atoms with E-state index >= 15 is 0 Å². The lowest BCUT2D eigenvalue weighted by molar-refractivity contribution is -0.154. The third-order valence-corrected chi connectivity index (χ3v) is 4.08. The van der Waals surface area contributed by atoms with Crippen LogP contribution in [0.25, 0.3) is 0 Å². The number of nitrogens with zero attached hydrogens (tertiary/aromatic N) is 1. The summed E-state index contributed by atoms with van der Waals surface area (Å²) in [5.74, 6) is -2.81. The Morgan fingerprint density at radius 2 is 2.21 bits per heavy atom. The van der Waals surface area contributed by atoms with Crippen molar-refractivity contribution in [3.8, 4) is 0 Å². The van der Waals surface area contributed by atoms with Crippen LogP contribution in [0.3, 0.4) is 0 Å². The van der Waals surface area contributed by atoms with Crippen molar-refractivity contribution in [3.05, 3.63) is 20.8 Å². The molecule has 1 atom stereocenters. The van der Waals surface area contributed by atoms with Crippen LogP contribution in [0, 0.1) is 5.92 Å². The first-order valence-corrected chi connectivity index (χ1v) is 6.94. The molecule has 1 aromatic rings. The number of hydrogen-bond acceptors (Lipinski definition) is 4. The Morgan fingerprint density at radius 3 is 2.68 bits per heavy atom. The van der Waals surface area contributed by atoms with Crippen LogP contribution in [-0.4, -0.2) is 30.3 Å². The molecule has 9 heteroatoms. The highest BCUT2D eigenvalue weighted by molar-refractivity contribution is 9.11. The SMILES string of the molecule is N/C(=N/O)C(CNCCc1ccc(Br)s1)C(F)(F)F. The average Bonchev–Trinajstić information content (AvgIpc) is 2.72. The predicted molar refractivity (Wildman–Crippen MR) is 71.5 cm³/mol. The summed E-state index contributed by atoms with van der Waals surface area (Å²) in [5, 5.41) is 13.4. The Hall–Kier alpha value is -0.800. The molecule has 1 rings (SSSR count). The largest absolute Gasteiger partial charge is 0.409 e. The van der Waals surface area contributed by atoms with E-state index in [0.717, 1.165) is 8.66 Å². The molecule has 0 saturated carbocycles. The van der Waals surface area contributed by atoms with Gasteiger partial charge in [0.1, 0.15) is 5.92 Å². The quantitative estimate of drug-likeness (QED) is 0.240. The Balaban J connectivity index is 2.41. The molecule has 0 fully saturated rings. The van der Waals surface area contributed by atoms with E-state index in [1.54, 1.807) is 0 Å². The number of thiophene rings is 1. The van der Waals surface area contributed by atoms with Crippen LogP contribution in [0.5, 0.6) is 0 Å². The first-order valence-electron chi connectivity index (χ1n) is 5.33. The summed E-state index contributed by atoms with van der Waals surface area (Å²) in [7, 11) is 0. The highest BCUT2D eigenvalue weighted by Gasteiger charge is 2.42. The minimum absolute atomic E-state index is 0.387. The Kier molecular flexibility index (Phi) is 6.08. The van der Waals surface area contributed by atoms with E-state index < -0.39 is 24.5 Å². The zero-order valence-corrected chi connectivity index (χ0v) is 12.1. The first-order chi connectivity index (χ1) is 8.84. The zero-order chi connectivity index (χ0) is 14.5. The van der Waals surface area contributed by atoms with Gasteiger partial charge in [0.05, 0.1) is 3.79 Å². The molecule has 0 aromatic carbocycles. The van der Waals surface area contributed by atoms with Gasteiger partial charge >= 0.3 is 6.18 Å². The lowest BCUT2D eigenvalue weighted by Crippen LogP contribution is -2.43. The van der Waals surface area contributed by atoms with Gasteiger partial charge in [-0.05, 0) is 41.0 Å². The molecular formula is C10H13BrF3N3OS. The fourth-order valence-electron chi connectivity index (χ4n) is 1.40. The summed E-state index contributed by atoms with van der Waals surface area (Å²) in [6.07, 6.45) is -3.91. The van der Waals surface area contributed by atoms with E-state index in [1.807, 2.05) is 12.1 Å². The number of halogens is 4. The highest BCUT2D eigenvalue weighted by atomic mass is 79.9. The fraction of sp³-hybridized carbons (Fsp3) is 0.500. The molecule has 0 amide bonds. The molecule has 0 bridgehead atoms. The molecular weight excluding hydrogens is 347 g/mol. The van der Waals surface area contributed by atoms with Crippen molar-refractivity contribution in [2.24, 2.45) is 16.8 Å². The summed E-state index contributed by atoms with van der Waals surface area (Å²) in [6, 6.07) is 3.79. The van der Waals surface area contributed by atoms with E-state index in [-0.39, 0.29) is 0 Å². The van der Waals surface area contributed by atoms with Crippen molar-refractivity contribution in [2.45, 2.75) is 12.6 Å². The molecule has 19 heavy (non-hydrogen) atoms. The van der Waals surface area contributed by atoms with Gasteiger partial charge in [-0.15, -0.1) is 11.3 Å². The minimum Gasteiger partial charge on any atom is -0.409 e. The Morgan fingerprint density at radius 1 is 1.53 bits per heavy atom. The molecule has 0 aliphatic rings. The molecule has 1 unspecified atom stereocenters. The third kappa shape index (κ3) is 5.37. The summed E-state index contributed by atoms with van der Waals surface area (Å²) < 4.78 is 38.8. The summed E-state index contributed by atoms with van der Waals surface area (Å²) in [5.41, 5.74) is 5.04. The molecule has 4 N–H and O–H groups in total. The van der Waals surface area contributed by atoms with Crippen LogP contribution in [0.4, 0.5) is 13.2 Å². The number of hydrogen-bond donors (Lipinski definition) is 3. The number of alkyl halides is 3. The number of nitrogens with two attached hydrogens (primary N) is 1. The number of oxime groups is 1. The highest BCUT2D eigenvalue weighted by Crippen LogP contribution is 2.26. The molecule has 1 aromatic heterocycles. The second kappa shape index (κ2) is 7.11. The van der Waals surface area contributed by atoms with E-state index in [9.17, 15) is 13.2 Å². The van der Waals surface area contributed by atoms with Gasteiger partial charge < -0.3 is 16.3 Å². The lowest BCUT2D eigenvalue weighted by atomic mass is 10.1. The van der Waals surface area contributed by atoms with Crippen LogP contribution in [0.1, 0.15) is 4.88 Å². The maximum atomic E-state index is 12.6. The van der Waals surface area contributed by atoms with Crippen molar-refractivity contribution in [3.63, 3.8) is 0 Å². The topological polar surface area (TPSA) is 70.6 Å². The van der Waals surface area contributed by atoms with Crippen molar-refractivity contribution in [1.29, 1.82) is 0 Å². The minimum atomic E-state index is -4.53. The van der Waals surface area contributed by atoms with Gasteiger partial charge in [0.2, 0.25) is 0 Å². The molecule has 0 aliphatic carbocycles. The second-order valence-electron chi connectivity index (χ2n) is 3.78. The molecule has 0 spiro atoms. The third-order valence-electron chi connectivity index (χ3n) is 2.39. The zero-order valence-electron chi connectivity index (χ0n) is 9.75. The monoisotopic (exact) mass is 359 g/mol. The molecule has 0 radical (unpaired) electrons. The van der Waals surface area contributed by atoms with E-state index in [0.29, 0.717) is 13.0 Å². The average molecular weight is 360 g/mol. The van der Waals surface area contributed by atoms with Crippen LogP contribution in [0.2, 0.25) is 0 Å². The standard InChI is InChI=1S/C10H13BrF3N3OS/c11-8-2-1-6(19-8)3-4-16-5-7(9(15)17-18)10(12,13)14/h1-2,7,16,18H,3-5H2,(H2,15,17). The molecule has 0 saturated heterocycles. The lowest BCUT2D eigenvalue weighted by Gasteiger charge is -2.19. The number of amidine groups is 1. The normalized spacial score (nSPS) is 14.6. The summed E-state index contributed by atoms with van der Waals surface area (Å²) >= 11 is 4.84. The van der Waals surface area contributed by atoms with Crippen LogP contribution < -0.4 is 11.1 Å². The van der Waals surface area contributed by atoms with Crippen LogP contribution >= 0.6 is 27.3 Å². The van der Waals surface area contributed by atoms with Crippen LogP contribution in [-0.2, 0) is 6.42 Å². The van der Waals surface area contributed by atoms with Gasteiger partial charge in [0, 0.05) is 11.4 Å². The molecule has 1 heterocycles. The van der Waals surface area contributed by atoms with Gasteiger partial charge in [-0.25, -0.2) is 0 Å². The van der Waals surface area contributed by atoms with Crippen LogP contribution in [0.15, 0.2) is 21.1 Å². The van der Waals surface area contributed by atoms with Gasteiger partial charge in [-0.2, -0.15) is 13.2 Å². The predicted octanol–water partition coefficient (Wildman–Crippen LogP) is 2.57. The van der Waals surface area contributed by atoms with Crippen molar-refractivity contribution in [1.82, 2.24) is 5.32 Å². The molecule has 4 nitrogen and oxygen atoms in total. The Bertz CT molecular complexity index is 436. The van der Waals surface area contributed by atoms with Crippen molar-refractivity contribution in [2.75, 3.05) is 13.1 Å². The van der Waals surface area contributed by atoms with Gasteiger partial charge in [-0.1, -0.05) is 5.16 Å². The summed E-state index contributed by atoms with van der Waals surface area (Å²) in [6.45, 7) is -0.0236. The maximum Gasteiger partial charge on any atom is 0.400 e. The smallest absolute Gasteiger partial charge is 0.400 e. The molecule has 108 valence electrons. The van der Waals surface area contributed by atoms with E-state index in [4.69, 9.17) is 10.9 Å². The molecule has 0 aliphatic heterocycles.